The van der Waals surface area contributed by atoms with Crippen molar-refractivity contribution in [1.29, 1.82) is 0 Å². The summed E-state index contributed by atoms with van der Waals surface area (Å²) in [6, 6.07) is 9.00. The van der Waals surface area contributed by atoms with Gasteiger partial charge in [-0.1, -0.05) is 36.3 Å². The lowest BCUT2D eigenvalue weighted by molar-refractivity contribution is -0.137. The summed E-state index contributed by atoms with van der Waals surface area (Å²) in [5.41, 5.74) is 0.726. The molecule has 1 atom stereocenters. The van der Waals surface area contributed by atoms with Crippen LogP contribution in [0.1, 0.15) is 18.4 Å². The van der Waals surface area contributed by atoms with E-state index in [1.165, 1.54) is 0 Å². The molecule has 1 unspecified atom stereocenters. The molecular weight excluding hydrogens is 164 g/mol. The predicted molar refractivity (Wildman–Crippen MR) is 50.3 cm³/mol. The minimum Gasteiger partial charge on any atom is -0.480 e. The summed E-state index contributed by atoms with van der Waals surface area (Å²) in [6.07, 6.45) is 0. The molecule has 0 fully saturated rings. The lowest BCUT2D eigenvalue weighted by atomic mass is 10.0. The number of aliphatic carboxylic acids is 1. The number of hydrogen-bond donors (Lipinski definition) is 1. The van der Waals surface area contributed by atoms with Crippen molar-refractivity contribution >= 4 is 5.97 Å². The van der Waals surface area contributed by atoms with Crippen LogP contribution < -0.4 is 0 Å². The summed E-state index contributed by atoms with van der Waals surface area (Å²) in [7, 11) is 0. The van der Waals surface area contributed by atoms with Crippen LogP contribution in [-0.2, 0) is 4.79 Å². The summed E-state index contributed by atoms with van der Waals surface area (Å²) < 4.78 is 0. The predicted octanol–water partition coefficient (Wildman–Crippen LogP) is 1.88. The fourth-order valence-corrected chi connectivity index (χ4v) is 1.08. The second-order valence-electron chi connectivity index (χ2n) is 2.58. The van der Waals surface area contributed by atoms with Crippen molar-refractivity contribution in [2.24, 2.45) is 0 Å². The maximum absolute atomic E-state index is 10.8. The van der Waals surface area contributed by atoms with E-state index < -0.39 is 11.9 Å². The van der Waals surface area contributed by atoms with Crippen molar-refractivity contribution in [2.75, 3.05) is 0 Å². The molecular formula is C11H10O2. The van der Waals surface area contributed by atoms with Crippen molar-refractivity contribution in [2.45, 2.75) is 12.8 Å². The number of carboxylic acid groups (broad SMARTS) is 1. The van der Waals surface area contributed by atoms with Gasteiger partial charge in [0.25, 0.3) is 0 Å². The second kappa shape index (κ2) is 4.32. The summed E-state index contributed by atoms with van der Waals surface area (Å²) in [5, 5.41) is 8.86. The first kappa shape index (κ1) is 9.34. The highest BCUT2D eigenvalue weighted by atomic mass is 16.4. The van der Waals surface area contributed by atoms with E-state index in [-0.39, 0.29) is 0 Å². The molecule has 0 aromatic heterocycles. The Morgan fingerprint density at radius 2 is 2.00 bits per heavy atom. The van der Waals surface area contributed by atoms with E-state index in [9.17, 15) is 4.79 Å². The highest BCUT2D eigenvalue weighted by Crippen LogP contribution is 2.14. The van der Waals surface area contributed by atoms with Gasteiger partial charge >= 0.3 is 5.97 Å². The van der Waals surface area contributed by atoms with E-state index in [1.807, 2.05) is 18.2 Å². The first-order chi connectivity index (χ1) is 6.25. The molecule has 66 valence electrons. The fourth-order valence-electron chi connectivity index (χ4n) is 1.08. The Morgan fingerprint density at radius 1 is 1.38 bits per heavy atom. The number of benzene rings is 1. The quantitative estimate of drug-likeness (QED) is 0.695. The number of hydrogen-bond acceptors (Lipinski definition) is 1. The molecule has 0 aliphatic rings. The normalized spacial score (nSPS) is 11.2. The zero-order valence-corrected chi connectivity index (χ0v) is 7.32. The van der Waals surface area contributed by atoms with E-state index in [4.69, 9.17) is 5.11 Å². The first-order valence-corrected chi connectivity index (χ1v) is 3.95. The Hall–Kier alpha value is -1.75. The average Bonchev–Trinajstić information content (AvgIpc) is 2.15. The van der Waals surface area contributed by atoms with Gasteiger partial charge in [-0.3, -0.25) is 4.79 Å². The van der Waals surface area contributed by atoms with Crippen molar-refractivity contribution in [3.05, 3.63) is 35.9 Å². The van der Waals surface area contributed by atoms with E-state index in [1.54, 1.807) is 19.1 Å². The maximum Gasteiger partial charge on any atom is 0.323 e. The molecule has 0 aliphatic carbocycles. The third-order valence-electron chi connectivity index (χ3n) is 1.67. The van der Waals surface area contributed by atoms with Gasteiger partial charge < -0.3 is 5.11 Å². The lowest BCUT2D eigenvalue weighted by Crippen LogP contribution is -2.09. The minimum absolute atomic E-state index is 0.703. The van der Waals surface area contributed by atoms with Crippen LogP contribution in [0.5, 0.6) is 0 Å². The molecule has 1 rings (SSSR count). The van der Waals surface area contributed by atoms with Gasteiger partial charge in [-0.25, -0.2) is 0 Å². The van der Waals surface area contributed by atoms with Gasteiger partial charge in [0.2, 0.25) is 0 Å². The topological polar surface area (TPSA) is 37.3 Å². The van der Waals surface area contributed by atoms with Crippen LogP contribution in [0.3, 0.4) is 0 Å². The number of rotatable bonds is 2. The lowest BCUT2D eigenvalue weighted by Gasteiger charge is -2.04. The number of carbonyl (C=O) groups is 1. The Kier molecular flexibility index (Phi) is 3.10. The van der Waals surface area contributed by atoms with Gasteiger partial charge in [0.15, 0.2) is 0 Å². The minimum atomic E-state index is -0.902. The molecule has 0 saturated heterocycles. The summed E-state index contributed by atoms with van der Waals surface area (Å²) in [4.78, 5) is 10.8. The van der Waals surface area contributed by atoms with Gasteiger partial charge in [-0.05, 0) is 12.5 Å². The molecule has 1 N–H and O–H groups in total. The molecule has 13 heavy (non-hydrogen) atoms. The Bertz CT molecular complexity index is 343. The van der Waals surface area contributed by atoms with Crippen molar-refractivity contribution < 1.29 is 9.90 Å². The van der Waals surface area contributed by atoms with Crippen LogP contribution in [0.2, 0.25) is 0 Å². The monoisotopic (exact) mass is 174 g/mol. The molecule has 0 saturated carbocycles. The molecule has 1 aromatic rings. The van der Waals surface area contributed by atoms with E-state index >= 15 is 0 Å². The largest absolute Gasteiger partial charge is 0.480 e. The van der Waals surface area contributed by atoms with Crippen LogP contribution >= 0.6 is 0 Å². The maximum atomic E-state index is 10.8. The van der Waals surface area contributed by atoms with E-state index in [0.29, 0.717) is 0 Å². The smallest absolute Gasteiger partial charge is 0.323 e. The third kappa shape index (κ3) is 2.34. The molecule has 0 radical (unpaired) electrons. The fraction of sp³-hybridized carbons (Fsp3) is 0.182. The van der Waals surface area contributed by atoms with Gasteiger partial charge in [0, 0.05) is 0 Å². The summed E-state index contributed by atoms with van der Waals surface area (Å²) >= 11 is 0. The van der Waals surface area contributed by atoms with Crippen molar-refractivity contribution in [3.8, 4) is 11.8 Å². The summed E-state index contributed by atoms with van der Waals surface area (Å²) in [5.74, 6) is 3.66. The highest BCUT2D eigenvalue weighted by molar-refractivity contribution is 5.79. The Morgan fingerprint density at radius 3 is 2.46 bits per heavy atom. The molecule has 0 heterocycles. The van der Waals surface area contributed by atoms with Gasteiger partial charge in [0.1, 0.15) is 5.92 Å². The standard InChI is InChI=1S/C11H10O2/c1-2-6-10(11(12)13)9-7-4-3-5-8-9/h3-5,7-8,10H,1H3,(H,12,13). The van der Waals surface area contributed by atoms with Crippen molar-refractivity contribution in [3.63, 3.8) is 0 Å². The van der Waals surface area contributed by atoms with Crippen LogP contribution in [0, 0.1) is 11.8 Å². The van der Waals surface area contributed by atoms with Crippen LogP contribution in [-0.4, -0.2) is 11.1 Å². The molecule has 0 spiro atoms. The number of carboxylic acids is 1. The van der Waals surface area contributed by atoms with Crippen LogP contribution in [0.15, 0.2) is 30.3 Å². The van der Waals surface area contributed by atoms with Gasteiger partial charge in [0.05, 0.1) is 0 Å². The third-order valence-corrected chi connectivity index (χ3v) is 1.67. The van der Waals surface area contributed by atoms with Crippen LogP contribution in [0.4, 0.5) is 0 Å². The molecule has 0 bridgehead atoms. The van der Waals surface area contributed by atoms with Gasteiger partial charge in [-0.15, -0.1) is 5.92 Å². The molecule has 0 aliphatic heterocycles. The van der Waals surface area contributed by atoms with E-state index in [2.05, 4.69) is 11.8 Å². The van der Waals surface area contributed by atoms with Crippen molar-refractivity contribution in [1.82, 2.24) is 0 Å². The first-order valence-electron chi connectivity index (χ1n) is 3.95. The molecule has 1 aromatic carbocycles. The highest BCUT2D eigenvalue weighted by Gasteiger charge is 2.15. The summed E-state index contributed by atoms with van der Waals surface area (Å²) in [6.45, 7) is 1.64. The molecule has 2 nitrogen and oxygen atoms in total. The SMILES string of the molecule is CC#CC(C(=O)O)c1ccccc1. The molecule has 2 heteroatoms. The van der Waals surface area contributed by atoms with E-state index in [0.717, 1.165) is 5.56 Å². The Balaban J connectivity index is 3.00. The van der Waals surface area contributed by atoms with Crippen LogP contribution in [0.25, 0.3) is 0 Å². The zero-order chi connectivity index (χ0) is 9.68. The average molecular weight is 174 g/mol. The van der Waals surface area contributed by atoms with Gasteiger partial charge in [-0.2, -0.15) is 0 Å². The Labute approximate surface area is 77.2 Å². The molecule has 0 amide bonds. The second-order valence-corrected chi connectivity index (χ2v) is 2.58. The zero-order valence-electron chi connectivity index (χ0n) is 7.32.